The molecule has 0 radical (unpaired) electrons. The Hall–Kier alpha value is -2.99. The summed E-state index contributed by atoms with van der Waals surface area (Å²) in [6, 6.07) is 16.6. The van der Waals surface area contributed by atoms with Crippen molar-refractivity contribution < 1.29 is 9.59 Å². The molecule has 5 nitrogen and oxygen atoms in total. The number of thiazole rings is 1. The molecular weight excluding hydrogens is 322 g/mol. The van der Waals surface area contributed by atoms with Crippen molar-refractivity contribution in [1.82, 2.24) is 4.98 Å². The number of hydrogen-bond donors (Lipinski definition) is 2. The largest absolute Gasteiger partial charge is 0.326 e. The predicted molar refractivity (Wildman–Crippen MR) is 96.2 cm³/mol. The molecule has 0 atom stereocenters. The van der Waals surface area contributed by atoms with Crippen LogP contribution >= 0.6 is 11.3 Å². The van der Waals surface area contributed by atoms with Gasteiger partial charge in [-0.25, -0.2) is 4.98 Å². The fourth-order valence-electron chi connectivity index (χ4n) is 2.24. The van der Waals surface area contributed by atoms with E-state index in [0.717, 1.165) is 5.56 Å². The molecule has 0 bridgehead atoms. The molecule has 0 aliphatic heterocycles. The Kier molecular flexibility index (Phi) is 4.67. The molecule has 1 aromatic heterocycles. The highest BCUT2D eigenvalue weighted by molar-refractivity contribution is 7.12. The second-order valence-electron chi connectivity index (χ2n) is 5.11. The molecule has 0 saturated heterocycles. The minimum atomic E-state index is -0.205. The minimum absolute atomic E-state index is 0.135. The van der Waals surface area contributed by atoms with Gasteiger partial charge in [0.2, 0.25) is 5.91 Å². The molecule has 0 unspecified atom stereocenters. The van der Waals surface area contributed by atoms with Gasteiger partial charge in [0, 0.05) is 23.9 Å². The van der Waals surface area contributed by atoms with E-state index in [1.807, 2.05) is 30.3 Å². The number of benzene rings is 2. The van der Waals surface area contributed by atoms with Crippen molar-refractivity contribution in [2.75, 3.05) is 10.6 Å². The van der Waals surface area contributed by atoms with E-state index in [-0.39, 0.29) is 11.8 Å². The third-order valence-electron chi connectivity index (χ3n) is 3.28. The molecule has 1 heterocycles. The fraction of sp³-hybridized carbons (Fsp3) is 0.0556. The molecule has 0 spiro atoms. The van der Waals surface area contributed by atoms with Crippen LogP contribution < -0.4 is 10.6 Å². The molecule has 24 heavy (non-hydrogen) atoms. The number of hydrogen-bond acceptors (Lipinski definition) is 4. The first-order valence-electron chi connectivity index (χ1n) is 7.31. The van der Waals surface area contributed by atoms with Gasteiger partial charge in [-0.05, 0) is 24.3 Å². The van der Waals surface area contributed by atoms with E-state index in [2.05, 4.69) is 15.6 Å². The zero-order chi connectivity index (χ0) is 16.9. The van der Waals surface area contributed by atoms with E-state index in [9.17, 15) is 9.59 Å². The molecule has 3 rings (SSSR count). The number of carbonyl (C=O) groups excluding carboxylic acids is 2. The standard InChI is InChI=1S/C18H15N3O2S/c1-12(22)20-14-7-9-15(10-8-14)21-18(23)17-16(19-11-24-17)13-5-3-2-4-6-13/h2-11H,1H3,(H,20,22)(H,21,23). The molecule has 2 amide bonds. The van der Waals surface area contributed by atoms with Crippen molar-refractivity contribution in [2.24, 2.45) is 0 Å². The zero-order valence-corrected chi connectivity index (χ0v) is 13.8. The summed E-state index contributed by atoms with van der Waals surface area (Å²) in [5, 5.41) is 5.54. The summed E-state index contributed by atoms with van der Waals surface area (Å²) < 4.78 is 0. The van der Waals surface area contributed by atoms with Gasteiger partial charge < -0.3 is 10.6 Å². The van der Waals surface area contributed by atoms with Gasteiger partial charge in [-0.3, -0.25) is 9.59 Å². The molecule has 2 aromatic carbocycles. The van der Waals surface area contributed by atoms with E-state index in [4.69, 9.17) is 0 Å². The van der Waals surface area contributed by atoms with Gasteiger partial charge >= 0.3 is 0 Å². The van der Waals surface area contributed by atoms with Crippen LogP contribution in [0.2, 0.25) is 0 Å². The molecule has 2 N–H and O–H groups in total. The highest BCUT2D eigenvalue weighted by atomic mass is 32.1. The Morgan fingerprint density at radius 3 is 2.17 bits per heavy atom. The number of amides is 2. The van der Waals surface area contributed by atoms with Crippen LogP contribution in [0.15, 0.2) is 60.1 Å². The monoisotopic (exact) mass is 337 g/mol. The number of nitrogens with zero attached hydrogens (tertiary/aromatic N) is 1. The first kappa shape index (κ1) is 15.9. The quantitative estimate of drug-likeness (QED) is 0.755. The molecule has 0 aliphatic carbocycles. The Morgan fingerprint density at radius 1 is 0.917 bits per heavy atom. The Balaban J connectivity index is 1.76. The number of aromatic nitrogens is 1. The third kappa shape index (κ3) is 3.67. The van der Waals surface area contributed by atoms with Crippen LogP contribution in [0.5, 0.6) is 0 Å². The van der Waals surface area contributed by atoms with Gasteiger partial charge in [0.1, 0.15) is 4.88 Å². The SMILES string of the molecule is CC(=O)Nc1ccc(NC(=O)c2scnc2-c2ccccc2)cc1. The van der Waals surface area contributed by atoms with Crippen molar-refractivity contribution in [3.05, 3.63) is 65.0 Å². The molecule has 6 heteroatoms. The first-order chi connectivity index (χ1) is 11.6. The lowest BCUT2D eigenvalue weighted by Crippen LogP contribution is -2.11. The van der Waals surface area contributed by atoms with Crippen LogP contribution in [-0.4, -0.2) is 16.8 Å². The molecule has 3 aromatic rings. The number of nitrogens with one attached hydrogen (secondary N) is 2. The maximum atomic E-state index is 12.5. The molecule has 0 saturated carbocycles. The van der Waals surface area contributed by atoms with Crippen LogP contribution in [-0.2, 0) is 4.79 Å². The Bertz CT molecular complexity index is 857. The van der Waals surface area contributed by atoms with E-state index >= 15 is 0 Å². The number of rotatable bonds is 4. The maximum absolute atomic E-state index is 12.5. The predicted octanol–water partition coefficient (Wildman–Crippen LogP) is 4.02. The molecule has 0 fully saturated rings. The van der Waals surface area contributed by atoms with Crippen LogP contribution in [0.3, 0.4) is 0 Å². The number of anilines is 2. The van der Waals surface area contributed by atoms with Crippen LogP contribution in [0, 0.1) is 0 Å². The lowest BCUT2D eigenvalue weighted by atomic mass is 10.1. The minimum Gasteiger partial charge on any atom is -0.326 e. The van der Waals surface area contributed by atoms with Crippen LogP contribution in [0.25, 0.3) is 11.3 Å². The summed E-state index contributed by atoms with van der Waals surface area (Å²) in [6.07, 6.45) is 0. The zero-order valence-electron chi connectivity index (χ0n) is 12.9. The lowest BCUT2D eigenvalue weighted by molar-refractivity contribution is -0.114. The molecule has 0 aliphatic rings. The van der Waals surface area contributed by atoms with Gasteiger partial charge in [-0.1, -0.05) is 30.3 Å². The summed E-state index contributed by atoms with van der Waals surface area (Å²) >= 11 is 1.30. The van der Waals surface area contributed by atoms with Gasteiger partial charge in [-0.15, -0.1) is 11.3 Å². The van der Waals surface area contributed by atoms with Crippen molar-refractivity contribution in [3.63, 3.8) is 0 Å². The van der Waals surface area contributed by atoms with Gasteiger partial charge in [-0.2, -0.15) is 0 Å². The summed E-state index contributed by atoms with van der Waals surface area (Å²) in [6.45, 7) is 1.45. The average Bonchev–Trinajstić information content (AvgIpc) is 3.07. The van der Waals surface area contributed by atoms with Crippen molar-refractivity contribution >= 4 is 34.5 Å². The van der Waals surface area contributed by atoms with E-state index in [0.29, 0.717) is 21.9 Å². The van der Waals surface area contributed by atoms with Crippen LogP contribution in [0.1, 0.15) is 16.6 Å². The summed E-state index contributed by atoms with van der Waals surface area (Å²) in [4.78, 5) is 28.4. The normalized spacial score (nSPS) is 10.2. The smallest absolute Gasteiger partial charge is 0.268 e. The van der Waals surface area contributed by atoms with Gasteiger partial charge in [0.05, 0.1) is 11.2 Å². The fourth-order valence-corrected chi connectivity index (χ4v) is 2.94. The lowest BCUT2D eigenvalue weighted by Gasteiger charge is -2.07. The van der Waals surface area contributed by atoms with E-state index in [1.54, 1.807) is 29.8 Å². The van der Waals surface area contributed by atoms with Crippen LogP contribution in [0.4, 0.5) is 11.4 Å². The third-order valence-corrected chi connectivity index (χ3v) is 4.11. The van der Waals surface area contributed by atoms with Gasteiger partial charge in [0.25, 0.3) is 5.91 Å². The Labute approximate surface area is 143 Å². The second-order valence-corrected chi connectivity index (χ2v) is 5.96. The highest BCUT2D eigenvalue weighted by Crippen LogP contribution is 2.26. The Morgan fingerprint density at radius 2 is 1.54 bits per heavy atom. The van der Waals surface area contributed by atoms with Crippen molar-refractivity contribution in [2.45, 2.75) is 6.92 Å². The van der Waals surface area contributed by atoms with E-state index < -0.39 is 0 Å². The average molecular weight is 337 g/mol. The van der Waals surface area contributed by atoms with Crippen molar-refractivity contribution in [1.29, 1.82) is 0 Å². The second kappa shape index (κ2) is 7.06. The number of carbonyl (C=O) groups is 2. The highest BCUT2D eigenvalue weighted by Gasteiger charge is 2.16. The first-order valence-corrected chi connectivity index (χ1v) is 8.19. The molecule has 120 valence electrons. The molecular formula is C18H15N3O2S. The summed E-state index contributed by atoms with van der Waals surface area (Å²) in [5.41, 5.74) is 4.58. The van der Waals surface area contributed by atoms with Gasteiger partial charge in [0.15, 0.2) is 0 Å². The van der Waals surface area contributed by atoms with E-state index in [1.165, 1.54) is 18.3 Å². The summed E-state index contributed by atoms with van der Waals surface area (Å²) in [7, 11) is 0. The topological polar surface area (TPSA) is 71.1 Å². The maximum Gasteiger partial charge on any atom is 0.268 e. The summed E-state index contributed by atoms with van der Waals surface area (Å²) in [5.74, 6) is -0.340. The van der Waals surface area contributed by atoms with Crippen molar-refractivity contribution in [3.8, 4) is 11.3 Å².